The average Bonchev–Trinajstić information content (AvgIpc) is 2.47. The summed E-state index contributed by atoms with van der Waals surface area (Å²) >= 11 is 0. The molecule has 22 heavy (non-hydrogen) atoms. The minimum atomic E-state index is -3.69. The maximum absolute atomic E-state index is 11.9. The van der Waals surface area contributed by atoms with Gasteiger partial charge in [0, 0.05) is 23.5 Å². The monoisotopic (exact) mass is 316 g/mol. The molecule has 3 N–H and O–H groups in total. The number of nitrogens with two attached hydrogens (primary N) is 1. The average molecular weight is 316 g/mol. The Hall–Kier alpha value is -2.44. The van der Waals surface area contributed by atoms with Crippen LogP contribution in [0.5, 0.6) is 0 Å². The number of hydrogen-bond acceptors (Lipinski definition) is 4. The number of benzene rings is 2. The van der Waals surface area contributed by atoms with Crippen molar-refractivity contribution in [1.29, 1.82) is 0 Å². The van der Waals surface area contributed by atoms with E-state index in [1.807, 2.05) is 19.1 Å². The molecule has 2 rings (SSSR count). The normalized spacial score (nSPS) is 11.5. The molecule has 0 fully saturated rings. The largest absolute Gasteiger partial charge is 0.362 e. The standard InChI is InChI=1S/C16H16N2O3S/c1-12-2-4-13(5-3-12)16(19)10-11-18-14-6-8-15(9-7-14)22(17,20)21/h2-11,18H,1H3,(H2,17,20,21)/b11-10+. The molecule has 2 aromatic rings. The molecule has 0 aliphatic rings. The second kappa shape index (κ2) is 6.55. The topological polar surface area (TPSA) is 89.3 Å². The lowest BCUT2D eigenvalue weighted by molar-refractivity contribution is 0.104. The lowest BCUT2D eigenvalue weighted by atomic mass is 10.1. The van der Waals surface area contributed by atoms with E-state index < -0.39 is 10.0 Å². The number of nitrogens with one attached hydrogen (secondary N) is 1. The Balaban J connectivity index is 2.00. The molecule has 0 saturated heterocycles. The number of hydrogen-bond donors (Lipinski definition) is 2. The second-order valence-corrected chi connectivity index (χ2v) is 6.34. The summed E-state index contributed by atoms with van der Waals surface area (Å²) in [6, 6.07) is 13.2. The highest BCUT2D eigenvalue weighted by atomic mass is 32.2. The van der Waals surface area contributed by atoms with E-state index >= 15 is 0 Å². The number of ketones is 1. The van der Waals surface area contributed by atoms with E-state index in [1.54, 1.807) is 24.3 Å². The van der Waals surface area contributed by atoms with Crippen LogP contribution in [0, 0.1) is 6.92 Å². The zero-order valence-electron chi connectivity index (χ0n) is 12.0. The van der Waals surface area contributed by atoms with Gasteiger partial charge >= 0.3 is 0 Å². The van der Waals surface area contributed by atoms with Crippen molar-refractivity contribution < 1.29 is 13.2 Å². The molecule has 0 aliphatic heterocycles. The third-order valence-electron chi connectivity index (χ3n) is 3.00. The first-order valence-corrected chi connectivity index (χ1v) is 8.08. The molecule has 0 atom stereocenters. The van der Waals surface area contributed by atoms with Crippen molar-refractivity contribution in [2.24, 2.45) is 5.14 Å². The predicted molar refractivity (Wildman–Crippen MR) is 86.1 cm³/mol. The smallest absolute Gasteiger partial charge is 0.238 e. The molecule has 0 bridgehead atoms. The number of rotatable bonds is 5. The van der Waals surface area contributed by atoms with Gasteiger partial charge in [-0.2, -0.15) is 0 Å². The maximum Gasteiger partial charge on any atom is 0.238 e. The highest BCUT2D eigenvalue weighted by Gasteiger charge is 2.06. The quantitative estimate of drug-likeness (QED) is 0.655. The van der Waals surface area contributed by atoms with Crippen molar-refractivity contribution >= 4 is 21.5 Å². The zero-order valence-corrected chi connectivity index (χ0v) is 12.8. The molecule has 114 valence electrons. The fraction of sp³-hybridized carbons (Fsp3) is 0.0625. The van der Waals surface area contributed by atoms with Crippen LogP contribution in [-0.2, 0) is 10.0 Å². The zero-order chi connectivity index (χ0) is 16.2. The molecular weight excluding hydrogens is 300 g/mol. The number of primary sulfonamides is 1. The van der Waals surface area contributed by atoms with Crippen molar-refractivity contribution in [3.05, 3.63) is 71.9 Å². The summed E-state index contributed by atoms with van der Waals surface area (Å²) in [4.78, 5) is 11.9. The van der Waals surface area contributed by atoms with Gasteiger partial charge in [0.2, 0.25) is 10.0 Å². The minimum absolute atomic E-state index is 0.0396. The molecule has 0 radical (unpaired) electrons. The Morgan fingerprint density at radius 3 is 2.18 bits per heavy atom. The van der Waals surface area contributed by atoms with E-state index in [0.717, 1.165) is 5.56 Å². The van der Waals surface area contributed by atoms with Gasteiger partial charge < -0.3 is 5.32 Å². The highest BCUT2D eigenvalue weighted by Crippen LogP contribution is 2.12. The van der Waals surface area contributed by atoms with E-state index in [4.69, 9.17) is 5.14 Å². The third kappa shape index (κ3) is 4.28. The van der Waals surface area contributed by atoms with Crippen molar-refractivity contribution in [3.63, 3.8) is 0 Å². The summed E-state index contributed by atoms with van der Waals surface area (Å²) in [5.74, 6) is -0.117. The minimum Gasteiger partial charge on any atom is -0.362 e. The van der Waals surface area contributed by atoms with Crippen LogP contribution in [0.2, 0.25) is 0 Å². The molecule has 0 aromatic heterocycles. The predicted octanol–water partition coefficient (Wildman–Crippen LogP) is 2.45. The van der Waals surface area contributed by atoms with Crippen LogP contribution in [0.25, 0.3) is 0 Å². The molecule has 0 saturated carbocycles. The molecular formula is C16H16N2O3S. The summed E-state index contributed by atoms with van der Waals surface area (Å²) in [6.45, 7) is 1.96. The number of carbonyl (C=O) groups is 1. The molecule has 0 unspecified atom stereocenters. The first-order valence-electron chi connectivity index (χ1n) is 6.53. The summed E-state index contributed by atoms with van der Waals surface area (Å²) in [5, 5.41) is 7.91. The van der Waals surface area contributed by atoms with Crippen LogP contribution in [0.3, 0.4) is 0 Å². The Labute approximate surface area is 129 Å². The summed E-state index contributed by atoms with van der Waals surface area (Å²) in [7, 11) is -3.69. The molecule has 6 heteroatoms. The van der Waals surface area contributed by atoms with Gasteiger partial charge in [-0.25, -0.2) is 13.6 Å². The van der Waals surface area contributed by atoms with Crippen molar-refractivity contribution in [2.45, 2.75) is 11.8 Å². The Bertz CT molecular complexity index is 792. The van der Waals surface area contributed by atoms with Crippen LogP contribution in [-0.4, -0.2) is 14.2 Å². The fourth-order valence-electron chi connectivity index (χ4n) is 1.77. The lowest BCUT2D eigenvalue weighted by Crippen LogP contribution is -2.11. The number of anilines is 1. The van der Waals surface area contributed by atoms with Crippen LogP contribution in [0.1, 0.15) is 15.9 Å². The van der Waals surface area contributed by atoms with E-state index in [9.17, 15) is 13.2 Å². The molecule has 5 nitrogen and oxygen atoms in total. The van der Waals surface area contributed by atoms with E-state index in [0.29, 0.717) is 11.3 Å². The SMILES string of the molecule is Cc1ccc(C(=O)/C=C/Nc2ccc(S(N)(=O)=O)cc2)cc1. The van der Waals surface area contributed by atoms with E-state index in [1.165, 1.54) is 24.4 Å². The summed E-state index contributed by atoms with van der Waals surface area (Å²) < 4.78 is 22.3. The number of allylic oxidation sites excluding steroid dienone is 1. The third-order valence-corrected chi connectivity index (χ3v) is 3.93. The van der Waals surface area contributed by atoms with Crippen LogP contribution in [0.15, 0.2) is 65.7 Å². The molecule has 0 spiro atoms. The van der Waals surface area contributed by atoms with Crippen molar-refractivity contribution in [1.82, 2.24) is 0 Å². The van der Waals surface area contributed by atoms with Crippen LogP contribution in [0.4, 0.5) is 5.69 Å². The number of sulfonamides is 1. The van der Waals surface area contributed by atoms with Gasteiger partial charge in [0.25, 0.3) is 0 Å². The highest BCUT2D eigenvalue weighted by molar-refractivity contribution is 7.89. The summed E-state index contributed by atoms with van der Waals surface area (Å²) in [5.41, 5.74) is 2.35. The van der Waals surface area contributed by atoms with Gasteiger partial charge in [-0.15, -0.1) is 0 Å². The van der Waals surface area contributed by atoms with Crippen LogP contribution < -0.4 is 10.5 Å². The van der Waals surface area contributed by atoms with E-state index in [-0.39, 0.29) is 10.7 Å². The molecule has 0 amide bonds. The number of carbonyl (C=O) groups excluding carboxylic acids is 1. The van der Waals surface area contributed by atoms with Gasteiger partial charge in [0.15, 0.2) is 5.78 Å². The van der Waals surface area contributed by atoms with Crippen molar-refractivity contribution in [2.75, 3.05) is 5.32 Å². The first kappa shape index (κ1) is 15.9. The first-order chi connectivity index (χ1) is 10.4. The second-order valence-electron chi connectivity index (χ2n) is 4.78. The molecule has 0 heterocycles. The van der Waals surface area contributed by atoms with Gasteiger partial charge in [-0.05, 0) is 31.2 Å². The summed E-state index contributed by atoms with van der Waals surface area (Å²) in [6.07, 6.45) is 2.92. The number of aryl methyl sites for hydroxylation is 1. The Morgan fingerprint density at radius 2 is 1.64 bits per heavy atom. The molecule has 2 aromatic carbocycles. The van der Waals surface area contributed by atoms with Crippen molar-refractivity contribution in [3.8, 4) is 0 Å². The molecule has 0 aliphatic carbocycles. The lowest BCUT2D eigenvalue weighted by Gasteiger charge is -2.02. The Morgan fingerprint density at radius 1 is 1.05 bits per heavy atom. The van der Waals surface area contributed by atoms with Gasteiger partial charge in [0.05, 0.1) is 4.90 Å². The fourth-order valence-corrected chi connectivity index (χ4v) is 2.28. The van der Waals surface area contributed by atoms with Gasteiger partial charge in [0.1, 0.15) is 0 Å². The van der Waals surface area contributed by atoms with E-state index in [2.05, 4.69) is 5.32 Å². The van der Waals surface area contributed by atoms with Crippen LogP contribution >= 0.6 is 0 Å². The Kier molecular flexibility index (Phi) is 4.75. The van der Waals surface area contributed by atoms with Gasteiger partial charge in [-0.1, -0.05) is 29.8 Å². The van der Waals surface area contributed by atoms with Gasteiger partial charge in [-0.3, -0.25) is 4.79 Å². The maximum atomic E-state index is 11.9.